The Morgan fingerprint density at radius 3 is 1.93 bits per heavy atom. The molecule has 0 saturated carbocycles. The normalized spacial score (nSPS) is 21.1. The van der Waals surface area contributed by atoms with Crippen molar-refractivity contribution in [3.63, 3.8) is 0 Å². The van der Waals surface area contributed by atoms with Gasteiger partial charge in [0, 0.05) is 13.0 Å². The van der Waals surface area contributed by atoms with Crippen LogP contribution in [0.1, 0.15) is 40.5 Å². The third-order valence-corrected chi connectivity index (χ3v) is 10.5. The predicted octanol–water partition coefficient (Wildman–Crippen LogP) is 3.49. The fourth-order valence-corrected chi connectivity index (χ4v) is 8.53. The van der Waals surface area contributed by atoms with Gasteiger partial charge in [0.15, 0.2) is 0 Å². The van der Waals surface area contributed by atoms with Crippen molar-refractivity contribution >= 4 is 18.7 Å². The lowest BCUT2D eigenvalue weighted by atomic mass is 10.0. The lowest BCUT2D eigenvalue weighted by Crippen LogP contribution is -2.66. The Balaban J connectivity index is 1.87. The Hall–Kier alpha value is -1.46. The van der Waals surface area contributed by atoms with E-state index in [2.05, 4.69) is 88.4 Å². The van der Waals surface area contributed by atoms with Crippen molar-refractivity contribution in [2.75, 3.05) is 13.2 Å². The average molecular weight is 385 g/mol. The molecule has 1 N–H and O–H groups in total. The first-order valence-corrected chi connectivity index (χ1v) is 11.7. The van der Waals surface area contributed by atoms with E-state index in [0.29, 0.717) is 19.4 Å². The van der Waals surface area contributed by atoms with Gasteiger partial charge in [-0.1, -0.05) is 81.4 Å². The van der Waals surface area contributed by atoms with E-state index in [9.17, 15) is 5.11 Å². The van der Waals surface area contributed by atoms with Gasteiger partial charge < -0.3 is 14.3 Å². The van der Waals surface area contributed by atoms with Crippen molar-refractivity contribution in [3.8, 4) is 0 Å². The zero-order valence-electron chi connectivity index (χ0n) is 16.9. The summed E-state index contributed by atoms with van der Waals surface area (Å²) < 4.78 is 12.2. The highest BCUT2D eigenvalue weighted by atomic mass is 28.4. The number of rotatable bonds is 8. The zero-order valence-corrected chi connectivity index (χ0v) is 17.9. The summed E-state index contributed by atoms with van der Waals surface area (Å²) in [5, 5.41) is 12.9. The van der Waals surface area contributed by atoms with Crippen LogP contribution in [0.4, 0.5) is 0 Å². The molecule has 2 aromatic carbocycles. The lowest BCUT2D eigenvalue weighted by Gasteiger charge is -2.43. The molecule has 1 aliphatic rings. The van der Waals surface area contributed by atoms with E-state index in [1.54, 1.807) is 0 Å². The van der Waals surface area contributed by atoms with E-state index in [1.165, 1.54) is 10.4 Å². The number of benzene rings is 2. The SMILES string of the molecule is CC(C)(C)[Si](OCC[C@@H](O)C[C@@]1(C)CO1)(c1ccccc1)c1ccccc1. The molecule has 0 unspecified atom stereocenters. The van der Waals surface area contributed by atoms with Crippen molar-refractivity contribution in [1.29, 1.82) is 0 Å². The van der Waals surface area contributed by atoms with Crippen LogP contribution in [0.15, 0.2) is 60.7 Å². The predicted molar refractivity (Wildman–Crippen MR) is 113 cm³/mol. The van der Waals surface area contributed by atoms with Gasteiger partial charge in [-0.25, -0.2) is 0 Å². The van der Waals surface area contributed by atoms with Crippen molar-refractivity contribution < 1.29 is 14.3 Å². The van der Waals surface area contributed by atoms with Crippen LogP contribution < -0.4 is 10.4 Å². The number of hydrogen-bond donors (Lipinski definition) is 1. The summed E-state index contributed by atoms with van der Waals surface area (Å²) in [6.45, 7) is 10.2. The van der Waals surface area contributed by atoms with Crippen LogP contribution in [-0.4, -0.2) is 38.3 Å². The molecule has 0 aliphatic carbocycles. The summed E-state index contributed by atoms with van der Waals surface area (Å²) in [6.07, 6.45) is 0.913. The Labute approximate surface area is 164 Å². The minimum atomic E-state index is -2.50. The summed E-state index contributed by atoms with van der Waals surface area (Å²) in [7, 11) is -2.50. The molecule has 4 heteroatoms. The van der Waals surface area contributed by atoms with Gasteiger partial charge in [0.1, 0.15) is 0 Å². The van der Waals surface area contributed by atoms with Crippen LogP contribution in [0.5, 0.6) is 0 Å². The first kappa shape index (κ1) is 20.3. The molecule has 0 amide bonds. The minimum Gasteiger partial charge on any atom is -0.407 e. The van der Waals surface area contributed by atoms with Crippen LogP contribution in [0.25, 0.3) is 0 Å². The van der Waals surface area contributed by atoms with Crippen molar-refractivity contribution in [2.24, 2.45) is 0 Å². The fraction of sp³-hybridized carbons (Fsp3) is 0.478. The van der Waals surface area contributed by atoms with Crippen molar-refractivity contribution in [2.45, 2.75) is 57.3 Å². The molecule has 0 aromatic heterocycles. The number of aliphatic hydroxyl groups excluding tert-OH is 1. The molecule has 27 heavy (non-hydrogen) atoms. The average Bonchev–Trinajstić information content (AvgIpc) is 3.36. The van der Waals surface area contributed by atoms with E-state index in [4.69, 9.17) is 9.16 Å². The smallest absolute Gasteiger partial charge is 0.261 e. The van der Waals surface area contributed by atoms with Crippen LogP contribution >= 0.6 is 0 Å². The van der Waals surface area contributed by atoms with Gasteiger partial charge in [-0.05, 0) is 28.8 Å². The third kappa shape index (κ3) is 4.52. The van der Waals surface area contributed by atoms with Gasteiger partial charge in [-0.3, -0.25) is 0 Å². The molecule has 3 nitrogen and oxygen atoms in total. The van der Waals surface area contributed by atoms with Gasteiger partial charge in [-0.15, -0.1) is 0 Å². The van der Waals surface area contributed by atoms with E-state index in [1.807, 2.05) is 0 Å². The molecular weight excluding hydrogens is 352 g/mol. The van der Waals surface area contributed by atoms with Gasteiger partial charge >= 0.3 is 0 Å². The van der Waals surface area contributed by atoms with E-state index >= 15 is 0 Å². The molecule has 0 radical (unpaired) electrons. The second kappa shape index (κ2) is 7.88. The molecule has 0 spiro atoms. The molecular formula is C23H32O3Si. The van der Waals surface area contributed by atoms with E-state index in [-0.39, 0.29) is 10.6 Å². The molecule has 1 fully saturated rings. The Morgan fingerprint density at radius 2 is 1.52 bits per heavy atom. The highest BCUT2D eigenvalue weighted by Crippen LogP contribution is 2.37. The molecule has 1 aliphatic heterocycles. The van der Waals surface area contributed by atoms with E-state index in [0.717, 1.165) is 6.61 Å². The summed E-state index contributed by atoms with van der Waals surface area (Å²) in [6, 6.07) is 21.3. The Kier molecular flexibility index (Phi) is 5.92. The van der Waals surface area contributed by atoms with Crippen molar-refractivity contribution in [3.05, 3.63) is 60.7 Å². The number of hydrogen-bond acceptors (Lipinski definition) is 3. The molecule has 0 bridgehead atoms. The molecule has 2 aromatic rings. The zero-order chi connectivity index (χ0) is 19.5. The number of aliphatic hydroxyl groups is 1. The first-order chi connectivity index (χ1) is 12.8. The maximum absolute atomic E-state index is 10.4. The van der Waals surface area contributed by atoms with E-state index < -0.39 is 14.4 Å². The fourth-order valence-electron chi connectivity index (χ4n) is 3.95. The summed E-state index contributed by atoms with van der Waals surface area (Å²) in [5.74, 6) is 0. The number of ether oxygens (including phenoxy) is 1. The van der Waals surface area contributed by atoms with Gasteiger partial charge in [0.05, 0.1) is 18.3 Å². The third-order valence-electron chi connectivity index (χ3n) is 5.49. The molecule has 2 atom stereocenters. The highest BCUT2D eigenvalue weighted by molar-refractivity contribution is 6.99. The van der Waals surface area contributed by atoms with Gasteiger partial charge in [0.25, 0.3) is 8.32 Å². The van der Waals surface area contributed by atoms with Crippen LogP contribution in [0.2, 0.25) is 5.04 Å². The standard InChI is InChI=1S/C23H32O3Si/c1-22(2,3)27(20-11-7-5-8-12-20,21-13-9-6-10-14-21)26-16-15-19(24)17-23(4)18-25-23/h5-14,19,24H,15-18H2,1-4H3/t19-,23+/m1/s1. The second-order valence-electron chi connectivity index (χ2n) is 8.90. The summed E-state index contributed by atoms with van der Waals surface area (Å²) >= 11 is 0. The van der Waals surface area contributed by atoms with Crippen LogP contribution in [0.3, 0.4) is 0 Å². The second-order valence-corrected chi connectivity index (χ2v) is 13.2. The monoisotopic (exact) mass is 384 g/mol. The first-order valence-electron chi connectivity index (χ1n) is 9.84. The van der Waals surface area contributed by atoms with Crippen LogP contribution in [-0.2, 0) is 9.16 Å². The largest absolute Gasteiger partial charge is 0.407 e. The Morgan fingerprint density at radius 1 is 1.04 bits per heavy atom. The molecule has 3 rings (SSSR count). The van der Waals surface area contributed by atoms with Gasteiger partial charge in [-0.2, -0.15) is 0 Å². The summed E-state index contributed by atoms with van der Waals surface area (Å²) in [4.78, 5) is 0. The maximum atomic E-state index is 10.4. The topological polar surface area (TPSA) is 42.0 Å². The maximum Gasteiger partial charge on any atom is 0.261 e. The highest BCUT2D eigenvalue weighted by Gasteiger charge is 2.50. The molecule has 1 saturated heterocycles. The lowest BCUT2D eigenvalue weighted by molar-refractivity contribution is 0.103. The number of epoxide rings is 1. The molecule has 146 valence electrons. The minimum absolute atomic E-state index is 0.0355. The Bertz CT molecular complexity index is 681. The molecule has 1 heterocycles. The van der Waals surface area contributed by atoms with Crippen LogP contribution in [0, 0.1) is 0 Å². The van der Waals surface area contributed by atoms with Gasteiger partial charge in [0.2, 0.25) is 0 Å². The quantitative estimate of drug-likeness (QED) is 0.559. The van der Waals surface area contributed by atoms with Crippen molar-refractivity contribution in [1.82, 2.24) is 0 Å². The summed E-state index contributed by atoms with van der Waals surface area (Å²) in [5.41, 5.74) is -0.128.